The first-order valence-electron chi connectivity index (χ1n) is 12.2. The third-order valence-electron chi connectivity index (χ3n) is 6.83. The Hall–Kier alpha value is -3.15. The first-order chi connectivity index (χ1) is 16.2. The minimum atomic E-state index is 0.141. The maximum atomic E-state index is 11.7. The molecule has 3 aromatic rings. The van der Waals surface area contributed by atoms with Gasteiger partial charge in [-0.1, -0.05) is 48.5 Å². The second-order valence-electron chi connectivity index (χ2n) is 9.45. The highest BCUT2D eigenvalue weighted by atomic mass is 16.5. The van der Waals surface area contributed by atoms with Crippen molar-refractivity contribution in [3.05, 3.63) is 54.7 Å². The van der Waals surface area contributed by atoms with E-state index in [9.17, 15) is 4.79 Å². The Bertz CT molecular complexity index is 1070. The number of carbonyl (C=O) groups excluding carboxylic acids is 1. The molecule has 172 valence electrons. The zero-order valence-corrected chi connectivity index (χ0v) is 19.2. The molecule has 2 aliphatic carbocycles. The topological polar surface area (TPSA) is 69.0 Å². The second kappa shape index (κ2) is 9.77. The molecule has 2 fully saturated rings. The maximum absolute atomic E-state index is 11.7. The molecule has 2 aliphatic rings. The average Bonchev–Trinajstić information content (AvgIpc) is 3.40. The van der Waals surface area contributed by atoms with Gasteiger partial charge in [0, 0.05) is 24.6 Å². The van der Waals surface area contributed by atoms with Crippen LogP contribution in [0.25, 0.3) is 22.4 Å². The number of ether oxygens (including phenoxy) is 1. The first kappa shape index (κ1) is 21.7. The van der Waals surface area contributed by atoms with Crippen LogP contribution in [0, 0.1) is 11.8 Å². The molecule has 0 aliphatic heterocycles. The minimum absolute atomic E-state index is 0.141. The molecule has 0 unspecified atom stereocenters. The van der Waals surface area contributed by atoms with E-state index < -0.39 is 0 Å². The van der Waals surface area contributed by atoms with Crippen molar-refractivity contribution in [1.82, 2.24) is 20.3 Å². The van der Waals surface area contributed by atoms with Gasteiger partial charge in [0.05, 0.1) is 18.5 Å². The van der Waals surface area contributed by atoms with Crippen LogP contribution in [-0.4, -0.2) is 33.5 Å². The minimum Gasteiger partial charge on any atom is -0.493 e. The normalized spacial score (nSPS) is 20.0. The number of hydrogen-bond acceptors (Lipinski definition) is 4. The number of benzene rings is 2. The molecule has 2 saturated carbocycles. The van der Waals surface area contributed by atoms with Gasteiger partial charge in [0.1, 0.15) is 5.75 Å². The molecule has 2 aromatic carbocycles. The lowest BCUT2D eigenvalue weighted by Crippen LogP contribution is -2.32. The Balaban J connectivity index is 1.21. The van der Waals surface area contributed by atoms with Gasteiger partial charge in [-0.2, -0.15) is 0 Å². The summed E-state index contributed by atoms with van der Waals surface area (Å²) in [4.78, 5) is 11.7. The van der Waals surface area contributed by atoms with Crippen molar-refractivity contribution in [3.8, 4) is 28.1 Å². The van der Waals surface area contributed by atoms with E-state index in [1.807, 2.05) is 17.8 Å². The van der Waals surface area contributed by atoms with E-state index in [0.717, 1.165) is 55.3 Å². The van der Waals surface area contributed by atoms with Gasteiger partial charge >= 0.3 is 0 Å². The van der Waals surface area contributed by atoms with Crippen molar-refractivity contribution in [2.24, 2.45) is 11.8 Å². The van der Waals surface area contributed by atoms with E-state index in [4.69, 9.17) is 4.74 Å². The Labute approximate surface area is 195 Å². The molecule has 0 bridgehead atoms. The number of hydrogen-bond donors (Lipinski definition) is 1. The summed E-state index contributed by atoms with van der Waals surface area (Å²) < 4.78 is 7.86. The summed E-state index contributed by atoms with van der Waals surface area (Å²) in [5.74, 6) is 2.35. The summed E-state index contributed by atoms with van der Waals surface area (Å²) in [5.41, 5.74) is 4.50. The summed E-state index contributed by atoms with van der Waals surface area (Å²) in [7, 11) is 0. The van der Waals surface area contributed by atoms with Crippen LogP contribution in [0.3, 0.4) is 0 Å². The van der Waals surface area contributed by atoms with Crippen LogP contribution in [-0.2, 0) is 11.3 Å². The highest BCUT2D eigenvalue weighted by molar-refractivity contribution is 5.75. The van der Waals surface area contributed by atoms with Gasteiger partial charge in [-0.3, -0.25) is 4.79 Å². The van der Waals surface area contributed by atoms with Crippen LogP contribution < -0.4 is 10.1 Å². The Morgan fingerprint density at radius 3 is 2.33 bits per heavy atom. The fraction of sp³-hybridized carbons (Fsp3) is 0.444. The fourth-order valence-electron chi connectivity index (χ4n) is 4.64. The van der Waals surface area contributed by atoms with Crippen molar-refractivity contribution in [3.63, 3.8) is 0 Å². The van der Waals surface area contributed by atoms with Crippen LogP contribution in [0.2, 0.25) is 0 Å². The third-order valence-corrected chi connectivity index (χ3v) is 6.83. The summed E-state index contributed by atoms with van der Waals surface area (Å²) in [6.07, 6.45) is 8.14. The molecule has 1 heterocycles. The van der Waals surface area contributed by atoms with Crippen molar-refractivity contribution >= 4 is 5.91 Å². The Morgan fingerprint density at radius 1 is 0.970 bits per heavy atom. The maximum Gasteiger partial charge on any atom is 0.219 e. The van der Waals surface area contributed by atoms with E-state index in [-0.39, 0.29) is 5.91 Å². The monoisotopic (exact) mass is 444 g/mol. The summed E-state index contributed by atoms with van der Waals surface area (Å²) >= 11 is 0. The molecule has 1 aromatic heterocycles. The van der Waals surface area contributed by atoms with Crippen LogP contribution in [0.1, 0.15) is 45.4 Å². The van der Waals surface area contributed by atoms with Gasteiger partial charge in [0.25, 0.3) is 0 Å². The summed E-state index contributed by atoms with van der Waals surface area (Å²) in [6, 6.07) is 17.2. The summed E-state index contributed by atoms with van der Waals surface area (Å²) in [6.45, 7) is 3.57. The molecule has 0 radical (unpaired) electrons. The molecule has 6 heteroatoms. The highest BCUT2D eigenvalue weighted by Crippen LogP contribution is 2.31. The zero-order chi connectivity index (χ0) is 22.6. The summed E-state index contributed by atoms with van der Waals surface area (Å²) in [5, 5.41) is 11.7. The van der Waals surface area contributed by atoms with E-state index in [1.165, 1.54) is 24.0 Å². The number of rotatable bonds is 9. The first-order valence-corrected chi connectivity index (χ1v) is 12.2. The standard InChI is InChI=1S/C27H32N4O2/c1-2-27(32)29-24-12-5-20(15-24)17-31-26(16-28-30-31)23-8-6-21(7-9-23)22-10-13-25(14-11-22)33-18-19-3-4-19/h6-11,13-14,16,19-20,24H,2-5,12,15,17-18H2,1H3,(H,29,32)/t20-,24+/m1/s1. The number of nitrogens with one attached hydrogen (secondary N) is 1. The van der Waals surface area contributed by atoms with Gasteiger partial charge < -0.3 is 10.1 Å². The lowest BCUT2D eigenvalue weighted by atomic mass is 10.0. The molecule has 5 rings (SSSR count). The lowest BCUT2D eigenvalue weighted by Gasteiger charge is -2.14. The average molecular weight is 445 g/mol. The molecule has 0 saturated heterocycles. The number of nitrogens with zero attached hydrogens (tertiary/aromatic N) is 3. The predicted molar refractivity (Wildman–Crippen MR) is 129 cm³/mol. The quantitative estimate of drug-likeness (QED) is 0.499. The van der Waals surface area contributed by atoms with Crippen LogP contribution >= 0.6 is 0 Å². The fourth-order valence-corrected chi connectivity index (χ4v) is 4.64. The molecule has 6 nitrogen and oxygen atoms in total. The van der Waals surface area contributed by atoms with Gasteiger partial charge in [0.2, 0.25) is 5.91 Å². The molecule has 0 spiro atoms. The van der Waals surface area contributed by atoms with Crippen molar-refractivity contribution in [2.75, 3.05) is 6.61 Å². The molecular formula is C27H32N4O2. The van der Waals surface area contributed by atoms with E-state index in [0.29, 0.717) is 18.4 Å². The smallest absolute Gasteiger partial charge is 0.219 e. The Morgan fingerprint density at radius 2 is 1.64 bits per heavy atom. The van der Waals surface area contributed by atoms with Crippen molar-refractivity contribution in [1.29, 1.82) is 0 Å². The highest BCUT2D eigenvalue weighted by Gasteiger charge is 2.27. The van der Waals surface area contributed by atoms with Gasteiger partial charge in [0.15, 0.2) is 0 Å². The van der Waals surface area contributed by atoms with E-state index in [1.54, 1.807) is 0 Å². The third kappa shape index (κ3) is 5.44. The molecule has 1 N–H and O–H groups in total. The Kier molecular flexibility index (Phi) is 6.42. The second-order valence-corrected chi connectivity index (χ2v) is 9.45. The molecule has 2 atom stereocenters. The van der Waals surface area contributed by atoms with Gasteiger partial charge in [-0.25, -0.2) is 4.68 Å². The zero-order valence-electron chi connectivity index (χ0n) is 19.2. The van der Waals surface area contributed by atoms with Crippen LogP contribution in [0.4, 0.5) is 0 Å². The molecule has 1 amide bonds. The van der Waals surface area contributed by atoms with E-state index in [2.05, 4.69) is 64.2 Å². The van der Waals surface area contributed by atoms with Crippen molar-refractivity contribution in [2.45, 2.75) is 58.0 Å². The number of carbonyl (C=O) groups is 1. The van der Waals surface area contributed by atoms with Gasteiger partial charge in [-0.15, -0.1) is 5.10 Å². The van der Waals surface area contributed by atoms with Crippen LogP contribution in [0.15, 0.2) is 54.7 Å². The number of aromatic nitrogens is 3. The largest absolute Gasteiger partial charge is 0.493 e. The molecule has 33 heavy (non-hydrogen) atoms. The van der Waals surface area contributed by atoms with Gasteiger partial charge in [-0.05, 0) is 67.2 Å². The van der Waals surface area contributed by atoms with E-state index >= 15 is 0 Å². The number of amides is 1. The molecular weight excluding hydrogens is 412 g/mol. The van der Waals surface area contributed by atoms with Crippen LogP contribution in [0.5, 0.6) is 5.75 Å². The predicted octanol–water partition coefficient (Wildman–Crippen LogP) is 5.10. The SMILES string of the molecule is CCC(=O)N[C@H]1CC[C@@H](Cn2nncc2-c2ccc(-c3ccc(OCC4CC4)cc3)cc2)C1. The lowest BCUT2D eigenvalue weighted by molar-refractivity contribution is -0.121. The van der Waals surface area contributed by atoms with Crippen molar-refractivity contribution < 1.29 is 9.53 Å².